The Kier molecular flexibility index (Phi) is 5.93. The monoisotopic (exact) mass is 477 g/mol. The van der Waals surface area contributed by atoms with Gasteiger partial charge in [-0.25, -0.2) is 4.68 Å². The van der Waals surface area contributed by atoms with Gasteiger partial charge in [-0.2, -0.15) is 5.10 Å². The zero-order valence-electron chi connectivity index (χ0n) is 17.7. The molecule has 0 bridgehead atoms. The van der Waals surface area contributed by atoms with Crippen LogP contribution in [0.3, 0.4) is 0 Å². The highest BCUT2D eigenvalue weighted by Gasteiger charge is 2.18. The molecule has 3 heterocycles. The first-order chi connectivity index (χ1) is 16.1. The Bertz CT molecular complexity index is 1540. The third-order valence-electron chi connectivity index (χ3n) is 5.17. The van der Waals surface area contributed by atoms with Gasteiger partial charge in [0.15, 0.2) is 5.69 Å². The molecule has 166 valence electrons. The van der Waals surface area contributed by atoms with Crippen molar-refractivity contribution in [2.24, 2.45) is 0 Å². The van der Waals surface area contributed by atoms with E-state index >= 15 is 0 Å². The third-order valence-corrected chi connectivity index (χ3v) is 6.85. The van der Waals surface area contributed by atoms with Crippen LogP contribution >= 0.6 is 23.1 Å². The van der Waals surface area contributed by atoms with E-state index in [0.29, 0.717) is 40.5 Å². The van der Waals surface area contributed by atoms with Crippen LogP contribution in [0.5, 0.6) is 0 Å². The fraction of sp³-hybridized carbons (Fsp3) is 0.174. The lowest BCUT2D eigenvalue weighted by atomic mass is 10.1. The second kappa shape index (κ2) is 9.16. The SMILES string of the molecule is Cc1csc(=O)n1CCSc1nnc(-c2nn(Cc3ccccc3)c(=O)c3ccccc23)o1. The standard InChI is InChI=1S/C23H19N5O3S2/c1-15-14-33-23(30)27(15)11-12-32-22-25-24-20(31-22)19-17-9-5-6-10-18(17)21(29)28(26-19)13-16-7-3-2-4-8-16/h2-10,14H,11-13H2,1H3. The Morgan fingerprint density at radius 3 is 2.52 bits per heavy atom. The molecule has 10 heteroatoms. The topological polar surface area (TPSA) is 95.8 Å². The molecule has 5 aromatic rings. The van der Waals surface area contributed by atoms with Gasteiger partial charge in [0.05, 0.1) is 11.9 Å². The Balaban J connectivity index is 1.44. The summed E-state index contributed by atoms with van der Waals surface area (Å²) in [7, 11) is 0. The van der Waals surface area contributed by atoms with Crippen LogP contribution in [0.2, 0.25) is 0 Å². The highest BCUT2D eigenvalue weighted by atomic mass is 32.2. The van der Waals surface area contributed by atoms with E-state index in [9.17, 15) is 9.59 Å². The summed E-state index contributed by atoms with van der Waals surface area (Å²) in [5, 5.41) is 16.3. The summed E-state index contributed by atoms with van der Waals surface area (Å²) in [6.45, 7) is 2.80. The van der Waals surface area contributed by atoms with E-state index in [2.05, 4.69) is 15.3 Å². The molecule has 0 aliphatic heterocycles. The van der Waals surface area contributed by atoms with E-state index in [1.165, 1.54) is 27.8 Å². The first-order valence-electron chi connectivity index (χ1n) is 10.3. The number of thiazole rings is 1. The van der Waals surface area contributed by atoms with E-state index in [1.807, 2.05) is 60.8 Å². The van der Waals surface area contributed by atoms with Crippen molar-refractivity contribution in [2.75, 3.05) is 5.75 Å². The van der Waals surface area contributed by atoms with Crippen LogP contribution in [0.1, 0.15) is 11.3 Å². The molecule has 8 nitrogen and oxygen atoms in total. The fourth-order valence-electron chi connectivity index (χ4n) is 3.52. The normalized spacial score (nSPS) is 11.3. The largest absolute Gasteiger partial charge is 0.410 e. The molecule has 33 heavy (non-hydrogen) atoms. The van der Waals surface area contributed by atoms with Gasteiger partial charge in [0, 0.05) is 28.8 Å². The number of benzene rings is 2. The van der Waals surface area contributed by atoms with Crippen LogP contribution in [-0.2, 0) is 13.1 Å². The summed E-state index contributed by atoms with van der Waals surface area (Å²) in [5.41, 5.74) is 2.19. The molecule has 0 saturated carbocycles. The maximum absolute atomic E-state index is 13.0. The number of hydrogen-bond donors (Lipinski definition) is 0. The molecule has 5 rings (SSSR count). The first kappa shape index (κ1) is 21.4. The number of thioether (sulfide) groups is 1. The molecule has 0 fully saturated rings. The Labute approximate surface area is 196 Å². The quantitative estimate of drug-likeness (QED) is 0.329. The van der Waals surface area contributed by atoms with E-state index in [0.717, 1.165) is 11.3 Å². The van der Waals surface area contributed by atoms with Crippen molar-refractivity contribution in [1.82, 2.24) is 24.5 Å². The number of rotatable bonds is 7. The molecule has 0 saturated heterocycles. The zero-order valence-corrected chi connectivity index (χ0v) is 19.3. The number of aromatic nitrogens is 5. The molecule has 0 aliphatic carbocycles. The summed E-state index contributed by atoms with van der Waals surface area (Å²) >= 11 is 2.57. The summed E-state index contributed by atoms with van der Waals surface area (Å²) in [6, 6.07) is 17.0. The fourth-order valence-corrected chi connectivity index (χ4v) is 4.97. The van der Waals surface area contributed by atoms with Crippen molar-refractivity contribution >= 4 is 33.9 Å². The Morgan fingerprint density at radius 1 is 1.00 bits per heavy atom. The third kappa shape index (κ3) is 4.39. The van der Waals surface area contributed by atoms with Crippen molar-refractivity contribution < 1.29 is 4.42 Å². The van der Waals surface area contributed by atoms with E-state index < -0.39 is 0 Å². The number of fused-ring (bicyclic) bond motifs is 1. The second-order valence-electron chi connectivity index (χ2n) is 7.36. The van der Waals surface area contributed by atoms with Crippen molar-refractivity contribution in [3.8, 4) is 11.6 Å². The van der Waals surface area contributed by atoms with Gasteiger partial charge < -0.3 is 8.98 Å². The molecule has 0 spiro atoms. The minimum Gasteiger partial charge on any atom is -0.410 e. The lowest BCUT2D eigenvalue weighted by Gasteiger charge is -2.09. The second-order valence-corrected chi connectivity index (χ2v) is 9.23. The van der Waals surface area contributed by atoms with Gasteiger partial charge in [-0.1, -0.05) is 71.6 Å². The predicted molar refractivity (Wildman–Crippen MR) is 129 cm³/mol. The van der Waals surface area contributed by atoms with E-state index in [-0.39, 0.29) is 16.3 Å². The molecular formula is C23H19N5O3S2. The maximum atomic E-state index is 13.0. The zero-order chi connectivity index (χ0) is 22.8. The van der Waals surface area contributed by atoms with Gasteiger partial charge >= 0.3 is 4.87 Å². The van der Waals surface area contributed by atoms with E-state index in [1.54, 1.807) is 10.6 Å². The molecule has 0 atom stereocenters. The number of aryl methyl sites for hydroxylation is 1. The van der Waals surface area contributed by atoms with Gasteiger partial charge in [-0.05, 0) is 18.6 Å². The molecule has 0 unspecified atom stereocenters. The lowest BCUT2D eigenvalue weighted by molar-refractivity contribution is 0.462. The molecule has 0 radical (unpaired) electrons. The van der Waals surface area contributed by atoms with Crippen molar-refractivity contribution in [3.63, 3.8) is 0 Å². The highest BCUT2D eigenvalue weighted by molar-refractivity contribution is 7.99. The van der Waals surface area contributed by atoms with Crippen LogP contribution in [0, 0.1) is 6.92 Å². The van der Waals surface area contributed by atoms with E-state index in [4.69, 9.17) is 4.42 Å². The van der Waals surface area contributed by atoms with Crippen molar-refractivity contribution in [2.45, 2.75) is 25.2 Å². The maximum Gasteiger partial charge on any atom is 0.307 e. The average molecular weight is 478 g/mol. The van der Waals surface area contributed by atoms with Gasteiger partial charge in [0.25, 0.3) is 16.7 Å². The average Bonchev–Trinajstić information content (AvgIpc) is 3.43. The summed E-state index contributed by atoms with van der Waals surface area (Å²) in [5.74, 6) is 0.861. The Hall–Kier alpha value is -3.50. The van der Waals surface area contributed by atoms with Crippen LogP contribution in [-0.4, -0.2) is 30.3 Å². The van der Waals surface area contributed by atoms with Gasteiger partial charge in [0.1, 0.15) is 0 Å². The molecule has 3 aromatic heterocycles. The molecule has 0 aliphatic rings. The van der Waals surface area contributed by atoms with Crippen LogP contribution in [0.15, 0.2) is 79.2 Å². The minimum absolute atomic E-state index is 0.0238. The van der Waals surface area contributed by atoms with Gasteiger partial charge in [0.2, 0.25) is 0 Å². The summed E-state index contributed by atoms with van der Waals surface area (Å²) in [6.07, 6.45) is 0. The Morgan fingerprint density at radius 2 is 1.76 bits per heavy atom. The first-order valence-corrected chi connectivity index (χ1v) is 12.1. The van der Waals surface area contributed by atoms with Gasteiger partial charge in [-0.3, -0.25) is 9.59 Å². The van der Waals surface area contributed by atoms with Crippen LogP contribution in [0.4, 0.5) is 0 Å². The number of nitrogens with zero attached hydrogens (tertiary/aromatic N) is 5. The van der Waals surface area contributed by atoms with Gasteiger partial charge in [-0.15, -0.1) is 10.2 Å². The summed E-state index contributed by atoms with van der Waals surface area (Å²) < 4.78 is 9.03. The predicted octanol–water partition coefficient (Wildman–Crippen LogP) is 3.82. The molecule has 2 aromatic carbocycles. The molecule has 0 N–H and O–H groups in total. The van der Waals surface area contributed by atoms with Crippen LogP contribution < -0.4 is 10.4 Å². The highest BCUT2D eigenvalue weighted by Crippen LogP contribution is 2.26. The minimum atomic E-state index is -0.177. The smallest absolute Gasteiger partial charge is 0.307 e. The molecular weight excluding hydrogens is 458 g/mol. The number of hydrogen-bond acceptors (Lipinski definition) is 8. The van der Waals surface area contributed by atoms with Crippen molar-refractivity contribution in [1.29, 1.82) is 0 Å². The van der Waals surface area contributed by atoms with Crippen molar-refractivity contribution in [3.05, 3.63) is 91.3 Å². The molecule has 0 amide bonds. The lowest BCUT2D eigenvalue weighted by Crippen LogP contribution is -2.24. The summed E-state index contributed by atoms with van der Waals surface area (Å²) in [4.78, 5) is 24.9. The van der Waals surface area contributed by atoms with Crippen LogP contribution in [0.25, 0.3) is 22.4 Å².